The SMILES string of the molecule is COC1(CNc2ccc([N+](=O)[O-])cc2S(N)(=O)=O)CCC1. The summed E-state index contributed by atoms with van der Waals surface area (Å²) in [5.74, 6) is 0. The van der Waals surface area contributed by atoms with Gasteiger partial charge in [-0.3, -0.25) is 10.1 Å². The molecule has 1 aliphatic carbocycles. The first-order valence-corrected chi connectivity index (χ1v) is 7.92. The van der Waals surface area contributed by atoms with E-state index in [1.54, 1.807) is 7.11 Å². The third kappa shape index (κ3) is 3.31. The quantitative estimate of drug-likeness (QED) is 0.600. The molecule has 0 unspecified atom stereocenters. The summed E-state index contributed by atoms with van der Waals surface area (Å²) in [6.07, 6.45) is 2.82. The van der Waals surface area contributed by atoms with Crippen LogP contribution in [-0.4, -0.2) is 32.6 Å². The van der Waals surface area contributed by atoms with Crippen LogP contribution >= 0.6 is 0 Å². The minimum absolute atomic E-state index is 0.242. The van der Waals surface area contributed by atoms with Crippen LogP contribution in [0.5, 0.6) is 0 Å². The second kappa shape index (κ2) is 5.58. The van der Waals surface area contributed by atoms with Crippen molar-refractivity contribution < 1.29 is 18.1 Å². The average molecular weight is 315 g/mol. The van der Waals surface area contributed by atoms with E-state index in [-0.39, 0.29) is 21.9 Å². The number of sulfonamides is 1. The van der Waals surface area contributed by atoms with E-state index in [1.807, 2.05) is 0 Å². The Bertz CT molecular complexity index is 649. The predicted molar refractivity (Wildman–Crippen MR) is 76.6 cm³/mol. The van der Waals surface area contributed by atoms with E-state index >= 15 is 0 Å². The summed E-state index contributed by atoms with van der Waals surface area (Å²) < 4.78 is 28.6. The van der Waals surface area contributed by atoms with Crippen LogP contribution in [0.2, 0.25) is 0 Å². The molecule has 2 rings (SSSR count). The van der Waals surface area contributed by atoms with Crippen LogP contribution in [0.1, 0.15) is 19.3 Å². The molecule has 0 aromatic heterocycles. The monoisotopic (exact) mass is 315 g/mol. The lowest BCUT2D eigenvalue weighted by Gasteiger charge is -2.40. The first-order chi connectivity index (χ1) is 9.77. The molecule has 116 valence electrons. The van der Waals surface area contributed by atoms with Gasteiger partial charge in [-0.2, -0.15) is 0 Å². The Morgan fingerprint density at radius 2 is 2.14 bits per heavy atom. The molecular weight excluding hydrogens is 298 g/mol. The molecule has 1 saturated carbocycles. The van der Waals surface area contributed by atoms with Crippen molar-refractivity contribution in [3.63, 3.8) is 0 Å². The van der Waals surface area contributed by atoms with Crippen molar-refractivity contribution in [2.75, 3.05) is 19.0 Å². The number of non-ortho nitro benzene ring substituents is 1. The smallest absolute Gasteiger partial charge is 0.270 e. The highest BCUT2D eigenvalue weighted by atomic mass is 32.2. The zero-order valence-corrected chi connectivity index (χ0v) is 12.4. The Kier molecular flexibility index (Phi) is 4.17. The molecule has 0 bridgehead atoms. The van der Waals surface area contributed by atoms with Gasteiger partial charge in [0.05, 0.1) is 16.2 Å². The number of nitrogens with one attached hydrogen (secondary N) is 1. The van der Waals surface area contributed by atoms with Crippen LogP contribution in [-0.2, 0) is 14.8 Å². The Balaban J connectivity index is 2.28. The molecule has 9 heteroatoms. The third-order valence-electron chi connectivity index (χ3n) is 3.78. The van der Waals surface area contributed by atoms with E-state index < -0.39 is 14.9 Å². The van der Waals surface area contributed by atoms with Crippen LogP contribution in [0.25, 0.3) is 0 Å². The third-order valence-corrected chi connectivity index (χ3v) is 4.73. The van der Waals surface area contributed by atoms with Gasteiger partial charge in [-0.15, -0.1) is 0 Å². The first kappa shape index (κ1) is 15.7. The molecule has 8 nitrogen and oxygen atoms in total. The Labute approximate surface area is 122 Å². The van der Waals surface area contributed by atoms with Gasteiger partial charge >= 0.3 is 0 Å². The van der Waals surface area contributed by atoms with Crippen molar-refractivity contribution in [3.05, 3.63) is 28.3 Å². The number of ether oxygens (including phenoxy) is 1. The fourth-order valence-electron chi connectivity index (χ4n) is 2.29. The molecule has 0 atom stereocenters. The molecular formula is C12H17N3O5S. The number of primary sulfonamides is 1. The largest absolute Gasteiger partial charge is 0.381 e. The molecule has 3 N–H and O–H groups in total. The molecule has 0 saturated heterocycles. The Hall–Kier alpha value is -1.71. The highest BCUT2D eigenvalue weighted by Gasteiger charge is 2.37. The molecule has 0 radical (unpaired) electrons. The van der Waals surface area contributed by atoms with E-state index in [0.29, 0.717) is 6.54 Å². The number of benzene rings is 1. The van der Waals surface area contributed by atoms with Gasteiger partial charge < -0.3 is 10.1 Å². The molecule has 0 spiro atoms. The zero-order chi connectivity index (χ0) is 15.7. The minimum atomic E-state index is -4.06. The Morgan fingerprint density at radius 3 is 2.57 bits per heavy atom. The molecule has 1 aromatic carbocycles. The maximum absolute atomic E-state index is 11.6. The summed E-state index contributed by atoms with van der Waals surface area (Å²) in [4.78, 5) is 9.78. The normalized spacial score (nSPS) is 17.0. The van der Waals surface area contributed by atoms with E-state index in [2.05, 4.69) is 5.32 Å². The first-order valence-electron chi connectivity index (χ1n) is 6.38. The summed E-state index contributed by atoms with van der Waals surface area (Å²) in [6, 6.07) is 3.54. The lowest BCUT2D eigenvalue weighted by Crippen LogP contribution is -2.45. The van der Waals surface area contributed by atoms with Crippen LogP contribution < -0.4 is 10.5 Å². The molecule has 21 heavy (non-hydrogen) atoms. The van der Waals surface area contributed by atoms with Gasteiger partial charge in [0, 0.05) is 25.8 Å². The summed E-state index contributed by atoms with van der Waals surface area (Å²) >= 11 is 0. The van der Waals surface area contributed by atoms with E-state index in [1.165, 1.54) is 12.1 Å². The highest BCUT2D eigenvalue weighted by molar-refractivity contribution is 7.89. The maximum Gasteiger partial charge on any atom is 0.270 e. The van der Waals surface area contributed by atoms with Crippen LogP contribution in [0.3, 0.4) is 0 Å². The number of anilines is 1. The van der Waals surface area contributed by atoms with Crippen LogP contribution in [0.15, 0.2) is 23.1 Å². The van der Waals surface area contributed by atoms with Crippen molar-refractivity contribution in [3.8, 4) is 0 Å². The van der Waals surface area contributed by atoms with Crippen molar-refractivity contribution in [2.45, 2.75) is 29.8 Å². The number of nitro groups is 1. The zero-order valence-electron chi connectivity index (χ0n) is 11.5. The molecule has 0 amide bonds. The van der Waals surface area contributed by atoms with Gasteiger partial charge in [0.1, 0.15) is 4.90 Å². The molecule has 1 fully saturated rings. The number of methoxy groups -OCH3 is 1. The van der Waals surface area contributed by atoms with E-state index in [0.717, 1.165) is 25.3 Å². The van der Waals surface area contributed by atoms with Gasteiger partial charge in [-0.05, 0) is 25.3 Å². The number of nitro benzene ring substituents is 1. The highest BCUT2D eigenvalue weighted by Crippen LogP contribution is 2.36. The lowest BCUT2D eigenvalue weighted by atomic mass is 9.80. The Morgan fingerprint density at radius 1 is 1.48 bits per heavy atom. The lowest BCUT2D eigenvalue weighted by molar-refractivity contribution is -0.385. The van der Waals surface area contributed by atoms with E-state index in [4.69, 9.17) is 9.88 Å². The number of rotatable bonds is 6. The fourth-order valence-corrected chi connectivity index (χ4v) is 3.02. The van der Waals surface area contributed by atoms with Gasteiger partial charge in [0.25, 0.3) is 5.69 Å². The summed E-state index contributed by atoms with van der Waals surface area (Å²) in [5.41, 5.74) is -0.390. The average Bonchev–Trinajstić information content (AvgIpc) is 2.36. The van der Waals surface area contributed by atoms with Gasteiger partial charge in [-0.1, -0.05) is 0 Å². The number of nitrogens with two attached hydrogens (primary N) is 1. The molecule has 0 heterocycles. The number of hydrogen-bond acceptors (Lipinski definition) is 6. The maximum atomic E-state index is 11.6. The predicted octanol–water partition coefficient (Wildman–Crippen LogP) is 1.22. The summed E-state index contributed by atoms with van der Waals surface area (Å²) in [6.45, 7) is 0.420. The van der Waals surface area contributed by atoms with Crippen molar-refractivity contribution >= 4 is 21.4 Å². The number of nitrogens with zero attached hydrogens (tertiary/aromatic N) is 1. The van der Waals surface area contributed by atoms with Gasteiger partial charge in [-0.25, -0.2) is 13.6 Å². The minimum Gasteiger partial charge on any atom is -0.381 e. The second-order valence-corrected chi connectivity index (χ2v) is 6.61. The van der Waals surface area contributed by atoms with Crippen molar-refractivity contribution in [2.24, 2.45) is 5.14 Å². The standard InChI is InChI=1S/C12H17N3O5S/c1-20-12(5-2-6-12)8-14-10-4-3-9(15(16)17)7-11(10)21(13,18)19/h3-4,7,14H,2,5-6,8H2,1H3,(H2,13,18,19). The molecule has 1 aliphatic rings. The molecule has 0 aliphatic heterocycles. The summed E-state index contributed by atoms with van der Waals surface area (Å²) in [5, 5.41) is 18.8. The van der Waals surface area contributed by atoms with Gasteiger partial charge in [0.2, 0.25) is 10.0 Å². The van der Waals surface area contributed by atoms with Crippen LogP contribution in [0, 0.1) is 10.1 Å². The topological polar surface area (TPSA) is 125 Å². The van der Waals surface area contributed by atoms with Crippen molar-refractivity contribution in [1.82, 2.24) is 0 Å². The summed E-state index contributed by atoms with van der Waals surface area (Å²) in [7, 11) is -2.45. The van der Waals surface area contributed by atoms with Gasteiger partial charge in [0.15, 0.2) is 0 Å². The van der Waals surface area contributed by atoms with Crippen molar-refractivity contribution in [1.29, 1.82) is 0 Å². The van der Waals surface area contributed by atoms with Crippen LogP contribution in [0.4, 0.5) is 11.4 Å². The fraction of sp³-hybridized carbons (Fsp3) is 0.500. The second-order valence-electron chi connectivity index (χ2n) is 5.08. The molecule has 1 aromatic rings. The number of hydrogen-bond donors (Lipinski definition) is 2. The van der Waals surface area contributed by atoms with E-state index in [9.17, 15) is 18.5 Å².